The summed E-state index contributed by atoms with van der Waals surface area (Å²) in [6, 6.07) is 12.3. The maximum Gasteiger partial charge on any atom is 0.0449 e. The van der Waals surface area contributed by atoms with Gasteiger partial charge in [0.05, 0.1) is 0 Å². The van der Waals surface area contributed by atoms with E-state index in [1.807, 2.05) is 0 Å². The van der Waals surface area contributed by atoms with Crippen molar-refractivity contribution in [2.45, 2.75) is 49.4 Å². The Bertz CT molecular complexity index is 422. The van der Waals surface area contributed by atoms with E-state index >= 15 is 0 Å². The molecular formula is C18H28N2S. The summed E-state index contributed by atoms with van der Waals surface area (Å²) in [6.07, 6.45) is 9.23. The minimum atomic E-state index is 0.498. The lowest BCUT2D eigenvalue weighted by Gasteiger charge is -2.40. The van der Waals surface area contributed by atoms with Crippen LogP contribution in [0.2, 0.25) is 0 Å². The molecule has 1 N–H and O–H groups in total. The smallest absolute Gasteiger partial charge is 0.0449 e. The van der Waals surface area contributed by atoms with Crippen molar-refractivity contribution in [3.05, 3.63) is 35.9 Å². The molecular weight excluding hydrogens is 276 g/mol. The van der Waals surface area contributed by atoms with Crippen LogP contribution in [0.4, 0.5) is 0 Å². The normalized spacial score (nSPS) is 31.8. The van der Waals surface area contributed by atoms with E-state index < -0.39 is 0 Å². The average Bonchev–Trinajstić information content (AvgIpc) is 2.81. The van der Waals surface area contributed by atoms with Gasteiger partial charge < -0.3 is 5.32 Å². The van der Waals surface area contributed by atoms with Gasteiger partial charge in [-0.3, -0.25) is 4.90 Å². The molecule has 1 aromatic rings. The van der Waals surface area contributed by atoms with Crippen molar-refractivity contribution in [2.75, 3.05) is 25.9 Å². The Hall–Kier alpha value is -0.510. The first-order valence-electron chi connectivity index (χ1n) is 8.43. The molecule has 1 saturated carbocycles. The summed E-state index contributed by atoms with van der Waals surface area (Å²) in [5.74, 6) is 0. The van der Waals surface area contributed by atoms with Crippen molar-refractivity contribution >= 4 is 11.8 Å². The Morgan fingerprint density at radius 1 is 1.10 bits per heavy atom. The van der Waals surface area contributed by atoms with Crippen molar-refractivity contribution in [2.24, 2.45) is 0 Å². The SMILES string of the molecule is CSC1CCCCC1N1CCCNC(c2ccccc2)C1. The third-order valence-electron chi connectivity index (χ3n) is 5.07. The van der Waals surface area contributed by atoms with Crippen LogP contribution in [0, 0.1) is 0 Å². The number of benzene rings is 1. The molecule has 3 rings (SSSR count). The van der Waals surface area contributed by atoms with Crippen molar-refractivity contribution in [1.29, 1.82) is 0 Å². The fraction of sp³-hybridized carbons (Fsp3) is 0.667. The van der Waals surface area contributed by atoms with Crippen molar-refractivity contribution in [3.8, 4) is 0 Å². The van der Waals surface area contributed by atoms with Crippen LogP contribution in [0.3, 0.4) is 0 Å². The molecule has 2 aliphatic rings. The van der Waals surface area contributed by atoms with Gasteiger partial charge in [0.2, 0.25) is 0 Å². The first-order valence-corrected chi connectivity index (χ1v) is 9.72. The first-order chi connectivity index (χ1) is 10.4. The average molecular weight is 305 g/mol. The summed E-state index contributed by atoms with van der Waals surface area (Å²) in [7, 11) is 0. The van der Waals surface area contributed by atoms with Gasteiger partial charge in [-0.1, -0.05) is 43.2 Å². The molecule has 2 nitrogen and oxygen atoms in total. The molecule has 3 heteroatoms. The molecule has 2 fully saturated rings. The molecule has 1 saturated heterocycles. The van der Waals surface area contributed by atoms with Crippen molar-refractivity contribution in [1.82, 2.24) is 10.2 Å². The van der Waals surface area contributed by atoms with Gasteiger partial charge in [0, 0.05) is 23.9 Å². The molecule has 0 radical (unpaired) electrons. The fourth-order valence-electron chi connectivity index (χ4n) is 3.93. The predicted octanol–water partition coefficient (Wildman–Crippen LogP) is 3.70. The Kier molecular flexibility index (Phi) is 5.61. The molecule has 0 aromatic heterocycles. The third-order valence-corrected chi connectivity index (χ3v) is 6.23. The van der Waals surface area contributed by atoms with E-state index in [2.05, 4.69) is 58.6 Å². The predicted molar refractivity (Wildman–Crippen MR) is 92.9 cm³/mol. The van der Waals surface area contributed by atoms with Crippen LogP contribution in [0.15, 0.2) is 30.3 Å². The maximum atomic E-state index is 3.75. The Morgan fingerprint density at radius 3 is 2.71 bits per heavy atom. The van der Waals surface area contributed by atoms with Crippen LogP contribution in [0.1, 0.15) is 43.7 Å². The Morgan fingerprint density at radius 2 is 1.90 bits per heavy atom. The fourth-order valence-corrected chi connectivity index (χ4v) is 4.95. The highest BCUT2D eigenvalue weighted by Gasteiger charge is 2.31. The van der Waals surface area contributed by atoms with Crippen LogP contribution in [0.5, 0.6) is 0 Å². The van der Waals surface area contributed by atoms with Crippen LogP contribution >= 0.6 is 11.8 Å². The summed E-state index contributed by atoms with van der Waals surface area (Å²) < 4.78 is 0. The van der Waals surface area contributed by atoms with E-state index in [-0.39, 0.29) is 0 Å². The van der Waals surface area contributed by atoms with Gasteiger partial charge in [-0.05, 0) is 44.2 Å². The van der Waals surface area contributed by atoms with Gasteiger partial charge in [-0.2, -0.15) is 11.8 Å². The van der Waals surface area contributed by atoms with E-state index in [0.29, 0.717) is 6.04 Å². The lowest BCUT2D eigenvalue weighted by Crippen LogP contribution is -2.46. The highest BCUT2D eigenvalue weighted by Crippen LogP contribution is 2.32. The largest absolute Gasteiger partial charge is 0.309 e. The number of nitrogens with one attached hydrogen (secondary N) is 1. The van der Waals surface area contributed by atoms with Gasteiger partial charge in [0.1, 0.15) is 0 Å². The molecule has 21 heavy (non-hydrogen) atoms. The molecule has 3 unspecified atom stereocenters. The van der Waals surface area contributed by atoms with E-state index in [1.54, 1.807) is 0 Å². The number of thioether (sulfide) groups is 1. The Balaban J connectivity index is 1.72. The zero-order chi connectivity index (χ0) is 14.5. The first kappa shape index (κ1) is 15.4. The molecule has 1 aromatic carbocycles. The molecule has 1 aliphatic heterocycles. The van der Waals surface area contributed by atoms with E-state index in [0.717, 1.165) is 17.8 Å². The number of hydrogen-bond donors (Lipinski definition) is 1. The lowest BCUT2D eigenvalue weighted by molar-refractivity contribution is 0.159. The van der Waals surface area contributed by atoms with Gasteiger partial charge in [0.25, 0.3) is 0 Å². The molecule has 1 aliphatic carbocycles. The Labute approximate surface area is 133 Å². The summed E-state index contributed by atoms with van der Waals surface area (Å²) >= 11 is 2.09. The summed E-state index contributed by atoms with van der Waals surface area (Å²) in [4.78, 5) is 2.79. The van der Waals surface area contributed by atoms with Crippen LogP contribution in [-0.4, -0.2) is 42.1 Å². The zero-order valence-electron chi connectivity index (χ0n) is 13.1. The third kappa shape index (κ3) is 3.82. The second-order valence-corrected chi connectivity index (χ2v) is 7.47. The molecule has 1 heterocycles. The van der Waals surface area contributed by atoms with Gasteiger partial charge in [-0.15, -0.1) is 0 Å². The number of nitrogens with zero attached hydrogens (tertiary/aromatic N) is 1. The molecule has 0 spiro atoms. The number of hydrogen-bond acceptors (Lipinski definition) is 3. The van der Waals surface area contributed by atoms with E-state index in [1.165, 1.54) is 50.8 Å². The highest BCUT2D eigenvalue weighted by atomic mass is 32.2. The van der Waals surface area contributed by atoms with Gasteiger partial charge in [0.15, 0.2) is 0 Å². The number of rotatable bonds is 3. The molecule has 116 valence electrons. The minimum absolute atomic E-state index is 0.498. The van der Waals surface area contributed by atoms with Crippen LogP contribution in [0.25, 0.3) is 0 Å². The highest BCUT2D eigenvalue weighted by molar-refractivity contribution is 7.99. The van der Waals surface area contributed by atoms with Crippen LogP contribution < -0.4 is 5.32 Å². The second kappa shape index (κ2) is 7.66. The van der Waals surface area contributed by atoms with Crippen LogP contribution in [-0.2, 0) is 0 Å². The van der Waals surface area contributed by atoms with Gasteiger partial charge >= 0.3 is 0 Å². The quantitative estimate of drug-likeness (QED) is 0.916. The summed E-state index contributed by atoms with van der Waals surface area (Å²) in [6.45, 7) is 3.58. The van der Waals surface area contributed by atoms with Crippen molar-refractivity contribution < 1.29 is 0 Å². The molecule has 0 amide bonds. The summed E-state index contributed by atoms with van der Waals surface area (Å²) in [5, 5.41) is 4.59. The van der Waals surface area contributed by atoms with Gasteiger partial charge in [-0.25, -0.2) is 0 Å². The standard InChI is InChI=1S/C18H28N2S/c1-21-18-11-6-5-10-17(18)20-13-7-12-19-16(14-20)15-8-3-2-4-9-15/h2-4,8-9,16-19H,5-7,10-14H2,1H3. The molecule has 3 atom stereocenters. The van der Waals surface area contributed by atoms with Crippen molar-refractivity contribution in [3.63, 3.8) is 0 Å². The van der Waals surface area contributed by atoms with E-state index in [9.17, 15) is 0 Å². The minimum Gasteiger partial charge on any atom is -0.309 e. The maximum absolute atomic E-state index is 3.75. The van der Waals surface area contributed by atoms with E-state index in [4.69, 9.17) is 0 Å². The lowest BCUT2D eigenvalue weighted by atomic mass is 9.93. The zero-order valence-corrected chi connectivity index (χ0v) is 13.9. The summed E-state index contributed by atoms with van der Waals surface area (Å²) in [5.41, 5.74) is 1.45. The monoisotopic (exact) mass is 304 g/mol. The topological polar surface area (TPSA) is 15.3 Å². The second-order valence-electron chi connectivity index (χ2n) is 6.39. The molecule has 0 bridgehead atoms.